The van der Waals surface area contributed by atoms with Gasteiger partial charge in [0, 0.05) is 0 Å². The molecule has 14 rings (SSSR count). The van der Waals surface area contributed by atoms with Crippen LogP contribution in [-0.2, 0) is 12.8 Å². The van der Waals surface area contributed by atoms with Crippen molar-refractivity contribution in [2.24, 2.45) is 0 Å². The number of allylic oxidation sites excluding steroid dienone is 4. The Morgan fingerprint density at radius 1 is 0.370 bits per heavy atom. The van der Waals surface area contributed by atoms with E-state index in [2.05, 4.69) is 252 Å². The van der Waals surface area contributed by atoms with Gasteiger partial charge in [0.1, 0.15) is 0 Å². The van der Waals surface area contributed by atoms with Gasteiger partial charge in [0.15, 0.2) is 0 Å². The number of benzene rings is 12. The van der Waals surface area contributed by atoms with E-state index in [1.165, 1.54) is 158 Å². The van der Waals surface area contributed by atoms with Crippen LogP contribution in [0.1, 0.15) is 55.9 Å². The Morgan fingerprint density at radius 2 is 1.00 bits per heavy atom. The summed E-state index contributed by atoms with van der Waals surface area (Å²) in [7, 11) is 0. The molecule has 0 saturated heterocycles. The third kappa shape index (κ3) is 6.60. The standard InChI is InChI=1S/C73H54/c1-5-19-47(6-2)53-36-34-45(40-61(53)44(3)4)32-33-46-35-37-56-58-30-18-31-59-67(58)63(62(56)41-46)43-65-69(57-29-17-26-48-22-13-15-27-52(48)57)72-60-39-38-55(49-20-9-7-10-21-49)68-54-28-16-14-25-51(54)42-64(71(60)68)73(72)66(70(59)65)50-23-11-8-12-24-50/h5-31,34-44H,32-33H2,1-4H3. The maximum absolute atomic E-state index is 2.60. The monoisotopic (exact) mass is 930 g/mol. The first kappa shape index (κ1) is 43.2. The van der Waals surface area contributed by atoms with Gasteiger partial charge in [0.05, 0.1) is 0 Å². The van der Waals surface area contributed by atoms with Crippen molar-refractivity contribution in [3.8, 4) is 33.4 Å². The largest absolute Gasteiger partial charge is 0.0871 e. The van der Waals surface area contributed by atoms with Crippen molar-refractivity contribution in [1.82, 2.24) is 0 Å². The second-order valence-electron chi connectivity index (χ2n) is 20.6. The molecule has 0 N–H and O–H groups in total. The minimum atomic E-state index is 0.430. The molecular formula is C73H54. The molecule has 0 bridgehead atoms. The molecule has 14 aromatic carbocycles. The van der Waals surface area contributed by atoms with Gasteiger partial charge >= 0.3 is 0 Å². The quantitative estimate of drug-likeness (QED) is 0.0999. The van der Waals surface area contributed by atoms with Crippen molar-refractivity contribution in [1.29, 1.82) is 0 Å². The van der Waals surface area contributed by atoms with Gasteiger partial charge in [-0.1, -0.05) is 226 Å². The van der Waals surface area contributed by atoms with E-state index in [9.17, 15) is 0 Å². The van der Waals surface area contributed by atoms with Crippen LogP contribution in [0.2, 0.25) is 0 Å². The molecular weight excluding hydrogens is 877 g/mol. The summed E-state index contributed by atoms with van der Waals surface area (Å²) >= 11 is 0. The number of fused-ring (bicyclic) bond motifs is 11. The molecule has 0 nitrogen and oxygen atoms in total. The van der Waals surface area contributed by atoms with Crippen LogP contribution >= 0.6 is 0 Å². The topological polar surface area (TPSA) is 0 Å². The van der Waals surface area contributed by atoms with E-state index in [0.717, 1.165) is 12.8 Å². The van der Waals surface area contributed by atoms with Crippen molar-refractivity contribution in [3.05, 3.63) is 247 Å². The Balaban J connectivity index is 1.11. The minimum absolute atomic E-state index is 0.430. The summed E-state index contributed by atoms with van der Waals surface area (Å²) < 4.78 is 0. The molecule has 73 heavy (non-hydrogen) atoms. The Kier molecular flexibility index (Phi) is 10.1. The number of hydrogen-bond acceptors (Lipinski definition) is 0. The third-order valence-corrected chi connectivity index (χ3v) is 16.3. The van der Waals surface area contributed by atoms with Crippen molar-refractivity contribution >= 4 is 103 Å². The summed E-state index contributed by atoms with van der Waals surface area (Å²) in [5, 5.41) is 23.6. The summed E-state index contributed by atoms with van der Waals surface area (Å²) in [5.74, 6) is 0.430. The maximum Gasteiger partial charge on any atom is -0.000696 e. The zero-order chi connectivity index (χ0) is 48.9. The van der Waals surface area contributed by atoms with Gasteiger partial charge in [-0.3, -0.25) is 0 Å². The van der Waals surface area contributed by atoms with E-state index in [4.69, 9.17) is 0 Å². The van der Waals surface area contributed by atoms with Crippen molar-refractivity contribution in [2.45, 2.75) is 46.5 Å². The van der Waals surface area contributed by atoms with Crippen molar-refractivity contribution in [3.63, 3.8) is 0 Å². The Morgan fingerprint density at radius 3 is 1.78 bits per heavy atom. The van der Waals surface area contributed by atoms with Gasteiger partial charge in [-0.2, -0.15) is 0 Å². The highest BCUT2D eigenvalue weighted by atomic mass is 14.3. The average molecular weight is 931 g/mol. The predicted octanol–water partition coefficient (Wildman–Crippen LogP) is 20.8. The van der Waals surface area contributed by atoms with Crippen molar-refractivity contribution in [2.75, 3.05) is 0 Å². The van der Waals surface area contributed by atoms with Gasteiger partial charge in [-0.25, -0.2) is 0 Å². The highest BCUT2D eigenvalue weighted by molar-refractivity contribution is 6.47. The van der Waals surface area contributed by atoms with Crippen LogP contribution in [0.15, 0.2) is 224 Å². The third-order valence-electron chi connectivity index (χ3n) is 16.3. The minimum Gasteiger partial charge on any atom is -0.0871 e. The average Bonchev–Trinajstić information content (AvgIpc) is 3.94. The molecule has 0 saturated carbocycles. The second kappa shape index (κ2) is 17.0. The van der Waals surface area contributed by atoms with Crippen LogP contribution in [0.25, 0.3) is 136 Å². The molecule has 0 aliphatic carbocycles. The number of rotatable bonds is 9. The Hall–Kier alpha value is -8.58. The molecule has 0 heteroatoms. The summed E-state index contributed by atoms with van der Waals surface area (Å²) in [6, 6.07) is 78.8. The summed E-state index contributed by atoms with van der Waals surface area (Å²) in [6.07, 6.45) is 8.56. The zero-order valence-corrected chi connectivity index (χ0v) is 41.9. The highest BCUT2D eigenvalue weighted by Gasteiger charge is 2.28. The van der Waals surface area contributed by atoms with Gasteiger partial charge in [-0.15, -0.1) is 0 Å². The molecule has 0 fully saturated rings. The SMILES string of the molecule is CC=CC(=CC)c1ccc(CCc2ccc3c(c2)c2cc4c(-c5cccc6ccccc56)c5c6ccc(-c7ccccc7)c7c8ccccc8cc(c5c(-c5ccccc5)c4c4cccc3c24)c67)cc1C(C)C. The molecule has 0 amide bonds. The molecule has 0 aromatic heterocycles. The number of hydrogen-bond donors (Lipinski definition) is 0. The van der Waals surface area contributed by atoms with Crippen LogP contribution in [0, 0.1) is 0 Å². The lowest BCUT2D eigenvalue weighted by Gasteiger charge is -2.20. The predicted molar refractivity (Wildman–Crippen MR) is 319 cm³/mol. The van der Waals surface area contributed by atoms with E-state index < -0.39 is 0 Å². The number of aryl methyl sites for hydroxylation is 2. The van der Waals surface area contributed by atoms with Crippen molar-refractivity contribution < 1.29 is 0 Å². The van der Waals surface area contributed by atoms with E-state index >= 15 is 0 Å². The fourth-order valence-corrected chi connectivity index (χ4v) is 13.1. The van der Waals surface area contributed by atoms with Crippen LogP contribution in [0.4, 0.5) is 0 Å². The molecule has 0 atom stereocenters. The lowest BCUT2D eigenvalue weighted by Crippen LogP contribution is -1.99. The lowest BCUT2D eigenvalue weighted by atomic mass is 9.83. The highest BCUT2D eigenvalue weighted by Crippen LogP contribution is 2.57. The van der Waals surface area contributed by atoms with Gasteiger partial charge in [0.2, 0.25) is 0 Å². The molecule has 14 aromatic rings. The molecule has 0 heterocycles. The van der Waals surface area contributed by atoms with Gasteiger partial charge in [0.25, 0.3) is 0 Å². The molecule has 0 aliphatic heterocycles. The second-order valence-corrected chi connectivity index (χ2v) is 20.6. The fraction of sp³-hybridized carbons (Fsp3) is 0.0959. The smallest absolute Gasteiger partial charge is 0.000696 e. The van der Waals surface area contributed by atoms with E-state index in [0.29, 0.717) is 5.92 Å². The van der Waals surface area contributed by atoms with Crippen LogP contribution < -0.4 is 0 Å². The summed E-state index contributed by atoms with van der Waals surface area (Å²) in [4.78, 5) is 0. The summed E-state index contributed by atoms with van der Waals surface area (Å²) in [5.41, 5.74) is 14.4. The zero-order valence-electron chi connectivity index (χ0n) is 41.9. The fourth-order valence-electron chi connectivity index (χ4n) is 13.1. The van der Waals surface area contributed by atoms with E-state index in [1.54, 1.807) is 0 Å². The van der Waals surface area contributed by atoms with Crippen LogP contribution in [-0.4, -0.2) is 0 Å². The van der Waals surface area contributed by atoms with E-state index in [-0.39, 0.29) is 0 Å². The summed E-state index contributed by atoms with van der Waals surface area (Å²) in [6.45, 7) is 8.88. The molecule has 0 radical (unpaired) electrons. The molecule has 0 aliphatic rings. The molecule has 0 spiro atoms. The lowest BCUT2D eigenvalue weighted by molar-refractivity contribution is 0.854. The normalized spacial score (nSPS) is 12.6. The van der Waals surface area contributed by atoms with Gasteiger partial charge in [-0.05, 0) is 203 Å². The first-order valence-corrected chi connectivity index (χ1v) is 26.2. The van der Waals surface area contributed by atoms with Crippen LogP contribution in [0.3, 0.4) is 0 Å². The maximum atomic E-state index is 2.60. The Bertz CT molecular complexity index is 4560. The van der Waals surface area contributed by atoms with Crippen LogP contribution in [0.5, 0.6) is 0 Å². The first-order valence-electron chi connectivity index (χ1n) is 26.2. The molecule has 0 unspecified atom stereocenters. The Labute approximate surface area is 426 Å². The first-order chi connectivity index (χ1) is 36.0. The molecule has 346 valence electrons. The van der Waals surface area contributed by atoms with Gasteiger partial charge < -0.3 is 0 Å². The van der Waals surface area contributed by atoms with E-state index in [1.807, 2.05) is 0 Å².